The van der Waals surface area contributed by atoms with Gasteiger partial charge in [0.05, 0.1) is 0 Å². The second-order valence-electron chi connectivity index (χ2n) is 7.97. The summed E-state index contributed by atoms with van der Waals surface area (Å²) < 4.78 is 5.39. The van der Waals surface area contributed by atoms with Crippen molar-refractivity contribution in [2.45, 2.75) is 52.1 Å². The maximum Gasteiger partial charge on any atom is 0.410 e. The van der Waals surface area contributed by atoms with Crippen molar-refractivity contribution in [1.82, 2.24) is 15.1 Å². The first-order valence-corrected chi connectivity index (χ1v) is 9.57. The lowest BCUT2D eigenvalue weighted by Gasteiger charge is -2.36. The number of hydrogen-bond acceptors (Lipinski definition) is 4. The molecule has 0 bridgehead atoms. The molecule has 0 unspecified atom stereocenters. The first kappa shape index (κ1) is 23.8. The Morgan fingerprint density at radius 3 is 2.26 bits per heavy atom. The van der Waals surface area contributed by atoms with E-state index in [1.54, 1.807) is 4.90 Å². The number of carbonyl (C=O) groups is 2. The molecule has 8 nitrogen and oxygen atoms in total. The number of rotatable bonds is 5. The van der Waals surface area contributed by atoms with Crippen molar-refractivity contribution in [3.63, 3.8) is 0 Å². The average Bonchev–Trinajstić information content (AvgIpc) is 2.51. The lowest BCUT2D eigenvalue weighted by molar-refractivity contribution is -0.127. The van der Waals surface area contributed by atoms with Crippen molar-refractivity contribution in [2.75, 3.05) is 39.3 Å². The Kier molecular flexibility index (Phi) is 9.61. The molecule has 1 saturated heterocycles. The number of nitrogens with zero attached hydrogens (tertiary/aromatic N) is 3. The highest BCUT2D eigenvalue weighted by Crippen LogP contribution is 2.26. The molecule has 27 heavy (non-hydrogen) atoms. The number of halogens is 1. The number of ether oxygens (including phenoxy) is 1. The normalized spacial score (nSPS) is 18.4. The summed E-state index contributed by atoms with van der Waals surface area (Å²) >= 11 is 0. The van der Waals surface area contributed by atoms with Gasteiger partial charge in [0.1, 0.15) is 5.60 Å². The zero-order valence-electron chi connectivity index (χ0n) is 16.7. The summed E-state index contributed by atoms with van der Waals surface area (Å²) in [5, 5.41) is 2.95. The highest BCUT2D eigenvalue weighted by atomic mass is 127. The summed E-state index contributed by atoms with van der Waals surface area (Å²) in [6, 6.07) is 0. The quantitative estimate of drug-likeness (QED) is 0.262. The Morgan fingerprint density at radius 1 is 1.15 bits per heavy atom. The highest BCUT2D eigenvalue weighted by molar-refractivity contribution is 14.0. The Labute approximate surface area is 179 Å². The zero-order valence-corrected chi connectivity index (χ0v) is 19.0. The lowest BCUT2D eigenvalue weighted by Crippen LogP contribution is -2.53. The monoisotopic (exact) mass is 495 g/mol. The third kappa shape index (κ3) is 8.10. The van der Waals surface area contributed by atoms with Crippen molar-refractivity contribution in [3.05, 3.63) is 0 Å². The van der Waals surface area contributed by atoms with E-state index in [0.29, 0.717) is 45.2 Å². The number of nitrogens with two attached hydrogens (primary N) is 1. The molecule has 1 heterocycles. The molecule has 9 heteroatoms. The van der Waals surface area contributed by atoms with E-state index < -0.39 is 5.60 Å². The van der Waals surface area contributed by atoms with Crippen molar-refractivity contribution >= 4 is 41.9 Å². The molecule has 0 atom stereocenters. The molecule has 0 radical (unpaired) electrons. The van der Waals surface area contributed by atoms with Crippen LogP contribution in [-0.2, 0) is 9.53 Å². The summed E-state index contributed by atoms with van der Waals surface area (Å²) in [6.45, 7) is 9.24. The number of nitrogens with one attached hydrogen (secondary N) is 1. The Hall–Kier alpha value is -1.26. The van der Waals surface area contributed by atoms with Gasteiger partial charge in [-0.05, 0) is 40.0 Å². The average molecular weight is 495 g/mol. The first-order chi connectivity index (χ1) is 12.3. The number of hydrogen-bond donors (Lipinski definition) is 2. The number of guanidine groups is 1. The van der Waals surface area contributed by atoms with Gasteiger partial charge in [0.2, 0.25) is 5.91 Å². The third-order valence-electron chi connectivity index (χ3n) is 4.64. The Morgan fingerprint density at radius 2 is 1.74 bits per heavy atom. The summed E-state index contributed by atoms with van der Waals surface area (Å²) in [4.78, 5) is 31.8. The summed E-state index contributed by atoms with van der Waals surface area (Å²) in [7, 11) is 0. The molecule has 2 aliphatic rings. The largest absolute Gasteiger partial charge is 0.444 e. The van der Waals surface area contributed by atoms with Crippen LogP contribution in [0.2, 0.25) is 0 Å². The van der Waals surface area contributed by atoms with Crippen LogP contribution < -0.4 is 11.1 Å². The van der Waals surface area contributed by atoms with E-state index >= 15 is 0 Å². The molecule has 0 aromatic carbocycles. The minimum atomic E-state index is -0.483. The summed E-state index contributed by atoms with van der Waals surface area (Å²) in [5.41, 5.74) is 5.56. The van der Waals surface area contributed by atoms with E-state index in [9.17, 15) is 9.59 Å². The fraction of sp³-hybridized carbons (Fsp3) is 0.833. The maximum absolute atomic E-state index is 12.1. The van der Waals surface area contributed by atoms with Crippen molar-refractivity contribution in [3.8, 4) is 0 Å². The van der Waals surface area contributed by atoms with E-state index in [-0.39, 0.29) is 41.9 Å². The maximum atomic E-state index is 12.1. The molecule has 1 saturated carbocycles. The predicted octanol–water partition coefficient (Wildman–Crippen LogP) is 1.78. The summed E-state index contributed by atoms with van der Waals surface area (Å²) in [5.74, 6) is 0.899. The van der Waals surface area contributed by atoms with Gasteiger partial charge in [0.25, 0.3) is 0 Å². The van der Waals surface area contributed by atoms with Crippen LogP contribution in [0.15, 0.2) is 4.99 Å². The van der Waals surface area contributed by atoms with Crippen molar-refractivity contribution in [2.24, 2.45) is 16.6 Å². The molecular weight excluding hydrogens is 461 g/mol. The molecule has 3 N–H and O–H groups in total. The molecular formula is C18H34IN5O3. The zero-order chi connectivity index (χ0) is 19.2. The third-order valence-corrected chi connectivity index (χ3v) is 4.64. The van der Waals surface area contributed by atoms with Crippen molar-refractivity contribution in [1.29, 1.82) is 0 Å². The van der Waals surface area contributed by atoms with E-state index in [1.807, 2.05) is 25.7 Å². The minimum Gasteiger partial charge on any atom is -0.444 e. The molecule has 0 spiro atoms. The minimum absolute atomic E-state index is 0. The number of aliphatic imine (C=N–C) groups is 1. The van der Waals surface area contributed by atoms with Crippen LogP contribution in [0.4, 0.5) is 4.79 Å². The smallest absolute Gasteiger partial charge is 0.410 e. The van der Waals surface area contributed by atoms with Gasteiger partial charge in [-0.1, -0.05) is 6.42 Å². The van der Waals surface area contributed by atoms with E-state index in [1.165, 1.54) is 6.42 Å². The molecule has 2 amide bonds. The van der Waals surface area contributed by atoms with E-state index in [0.717, 1.165) is 19.3 Å². The Balaban J connectivity index is 0.00000364. The number of carbonyl (C=O) groups excluding carboxylic acids is 2. The fourth-order valence-corrected chi connectivity index (χ4v) is 2.84. The van der Waals surface area contributed by atoms with Gasteiger partial charge in [0, 0.05) is 45.2 Å². The summed E-state index contributed by atoms with van der Waals surface area (Å²) in [6.07, 6.45) is 3.70. The molecule has 1 aliphatic heterocycles. The molecule has 0 aromatic rings. The van der Waals surface area contributed by atoms with Gasteiger partial charge < -0.3 is 25.6 Å². The fourth-order valence-electron chi connectivity index (χ4n) is 2.84. The Bertz CT molecular complexity index is 524. The van der Waals surface area contributed by atoms with Gasteiger partial charge in [-0.25, -0.2) is 4.79 Å². The van der Waals surface area contributed by atoms with Gasteiger partial charge in [-0.15, -0.1) is 24.0 Å². The topological polar surface area (TPSA) is 100 Å². The van der Waals surface area contributed by atoms with Gasteiger partial charge in [0.15, 0.2) is 5.96 Å². The number of piperazine rings is 1. The highest BCUT2D eigenvalue weighted by Gasteiger charge is 2.26. The molecule has 0 aromatic heterocycles. The van der Waals surface area contributed by atoms with Crippen molar-refractivity contribution < 1.29 is 14.3 Å². The molecule has 156 valence electrons. The van der Waals surface area contributed by atoms with Crippen LogP contribution in [-0.4, -0.2) is 72.6 Å². The first-order valence-electron chi connectivity index (χ1n) is 9.57. The van der Waals surface area contributed by atoms with Gasteiger partial charge in [-0.2, -0.15) is 0 Å². The van der Waals surface area contributed by atoms with Gasteiger partial charge in [-0.3, -0.25) is 9.79 Å². The lowest BCUT2D eigenvalue weighted by atomic mass is 9.85. The van der Waals surface area contributed by atoms with Crippen LogP contribution >= 0.6 is 24.0 Å². The molecule has 2 fully saturated rings. The van der Waals surface area contributed by atoms with Crippen LogP contribution in [0.25, 0.3) is 0 Å². The second kappa shape index (κ2) is 10.9. The van der Waals surface area contributed by atoms with E-state index in [4.69, 9.17) is 10.5 Å². The number of amides is 2. The SMILES string of the molecule is CC(C)(C)OC(=O)N1CCN(C(N)=NCCCNC(=O)C2CCC2)CC1.I. The van der Waals surface area contributed by atoms with E-state index in [2.05, 4.69) is 10.3 Å². The predicted molar refractivity (Wildman–Crippen MR) is 116 cm³/mol. The molecule has 2 rings (SSSR count). The molecule has 1 aliphatic carbocycles. The van der Waals surface area contributed by atoms with Crippen LogP contribution in [0.5, 0.6) is 0 Å². The second-order valence-corrected chi connectivity index (χ2v) is 7.97. The van der Waals surface area contributed by atoms with Crippen LogP contribution in [0, 0.1) is 5.92 Å². The van der Waals surface area contributed by atoms with Gasteiger partial charge >= 0.3 is 6.09 Å². The standard InChI is InChI=1S/C18H33N5O3.HI/c1-18(2,3)26-17(25)23-12-10-22(11-13-23)16(19)21-9-5-8-20-15(24)14-6-4-7-14;/h14H,4-13H2,1-3H3,(H2,19,21)(H,20,24);1H. The van der Waals surface area contributed by atoms with Crippen LogP contribution in [0.3, 0.4) is 0 Å². The van der Waals surface area contributed by atoms with Crippen LogP contribution in [0.1, 0.15) is 46.5 Å².